The zero-order valence-electron chi connectivity index (χ0n) is 19.1. The summed E-state index contributed by atoms with van der Waals surface area (Å²) in [4.78, 5) is 41.7. The number of rotatable bonds is 8. The molecule has 4 rings (SSSR count). The van der Waals surface area contributed by atoms with E-state index in [2.05, 4.69) is 10.5 Å². The number of nitrogens with zero attached hydrogens (tertiary/aromatic N) is 5. The van der Waals surface area contributed by atoms with Crippen molar-refractivity contribution in [1.29, 1.82) is 0 Å². The number of piperazine rings is 1. The number of fused-ring (bicyclic) bond motifs is 1. The molecule has 1 aromatic carbocycles. The lowest BCUT2D eigenvalue weighted by Crippen LogP contribution is -2.50. The number of carbonyl (C=O) groups excluding carboxylic acids is 2. The average Bonchev–Trinajstić information content (AvgIpc) is 3.33. The Labute approximate surface area is 191 Å². The van der Waals surface area contributed by atoms with E-state index in [1.807, 2.05) is 41.0 Å². The van der Waals surface area contributed by atoms with E-state index in [1.165, 1.54) is 0 Å². The largest absolute Gasteiger partial charge is 0.360 e. The van der Waals surface area contributed by atoms with Gasteiger partial charge in [0.2, 0.25) is 11.8 Å². The van der Waals surface area contributed by atoms with Crippen LogP contribution in [0.25, 0.3) is 11.0 Å². The van der Waals surface area contributed by atoms with E-state index in [9.17, 15) is 14.4 Å². The maximum atomic E-state index is 12.9. The number of benzene rings is 1. The van der Waals surface area contributed by atoms with Crippen molar-refractivity contribution in [1.82, 2.24) is 24.1 Å². The van der Waals surface area contributed by atoms with Crippen LogP contribution in [-0.4, -0.2) is 68.6 Å². The van der Waals surface area contributed by atoms with Gasteiger partial charge in [0.1, 0.15) is 5.76 Å². The Kier molecular flexibility index (Phi) is 6.93. The van der Waals surface area contributed by atoms with Crippen LogP contribution in [0.4, 0.5) is 5.82 Å². The topological polar surface area (TPSA) is 106 Å². The molecule has 33 heavy (non-hydrogen) atoms. The van der Waals surface area contributed by atoms with Gasteiger partial charge in [0.05, 0.1) is 17.6 Å². The molecular formula is C23H30N6O4. The van der Waals surface area contributed by atoms with Gasteiger partial charge in [-0.2, -0.15) is 0 Å². The first-order valence-electron chi connectivity index (χ1n) is 11.4. The van der Waals surface area contributed by atoms with E-state index in [4.69, 9.17) is 4.52 Å². The maximum absolute atomic E-state index is 12.9. The summed E-state index contributed by atoms with van der Waals surface area (Å²) in [5.41, 5.74) is 1.70. The normalized spacial score (nSPS) is 14.7. The molecule has 0 aliphatic carbocycles. The molecule has 0 unspecified atom stereocenters. The van der Waals surface area contributed by atoms with Crippen LogP contribution in [0.1, 0.15) is 25.5 Å². The van der Waals surface area contributed by atoms with Crippen molar-refractivity contribution >= 4 is 28.7 Å². The van der Waals surface area contributed by atoms with Crippen LogP contribution in [0, 0.1) is 6.92 Å². The van der Waals surface area contributed by atoms with Crippen LogP contribution in [0.3, 0.4) is 0 Å². The molecule has 0 saturated carbocycles. The lowest BCUT2D eigenvalue weighted by atomic mass is 10.2. The molecule has 1 saturated heterocycles. The van der Waals surface area contributed by atoms with Crippen molar-refractivity contribution in [2.24, 2.45) is 0 Å². The second-order valence-electron chi connectivity index (χ2n) is 8.35. The third-order valence-electron chi connectivity index (χ3n) is 5.91. The van der Waals surface area contributed by atoms with E-state index < -0.39 is 0 Å². The molecule has 1 aliphatic rings. The fourth-order valence-corrected chi connectivity index (χ4v) is 4.26. The molecule has 0 bridgehead atoms. The van der Waals surface area contributed by atoms with Crippen LogP contribution in [0.15, 0.2) is 39.6 Å². The van der Waals surface area contributed by atoms with Crippen molar-refractivity contribution < 1.29 is 14.1 Å². The number of hydrogen-bond donors (Lipinski definition) is 1. The number of aryl methyl sites for hydroxylation is 3. The molecule has 0 radical (unpaired) electrons. The fraction of sp³-hybridized carbons (Fsp3) is 0.478. The van der Waals surface area contributed by atoms with Crippen molar-refractivity contribution in [2.75, 3.05) is 38.0 Å². The Morgan fingerprint density at radius 1 is 1.06 bits per heavy atom. The molecular weight excluding hydrogens is 424 g/mol. The van der Waals surface area contributed by atoms with E-state index in [0.29, 0.717) is 50.8 Å². The number of aromatic nitrogens is 3. The molecule has 2 aromatic heterocycles. The van der Waals surface area contributed by atoms with Gasteiger partial charge >= 0.3 is 5.69 Å². The van der Waals surface area contributed by atoms with Crippen molar-refractivity contribution in [3.8, 4) is 0 Å². The van der Waals surface area contributed by atoms with Gasteiger partial charge in [-0.15, -0.1) is 0 Å². The molecule has 1 fully saturated rings. The van der Waals surface area contributed by atoms with E-state index in [0.717, 1.165) is 17.5 Å². The van der Waals surface area contributed by atoms with E-state index in [-0.39, 0.29) is 30.5 Å². The Hall–Kier alpha value is -3.40. The standard InChI is InChI=1S/C23H30N6O4/c1-3-9-28-18-6-4-5-7-19(18)29(23(28)32)10-8-22(31)27-13-11-26(12-14-27)16-21(30)24-20-15-17(2)33-25-20/h4-7,15H,3,8-14,16H2,1-2H3,(H,24,25,30). The van der Waals surface area contributed by atoms with E-state index in [1.54, 1.807) is 22.1 Å². The highest BCUT2D eigenvalue weighted by Crippen LogP contribution is 2.14. The Balaban J connectivity index is 1.29. The molecule has 0 atom stereocenters. The molecule has 3 heterocycles. The number of carbonyl (C=O) groups is 2. The number of imidazole rings is 1. The summed E-state index contributed by atoms with van der Waals surface area (Å²) in [6, 6.07) is 9.38. The second kappa shape index (κ2) is 10.0. The number of hydrogen-bond acceptors (Lipinski definition) is 6. The quantitative estimate of drug-likeness (QED) is 0.555. The van der Waals surface area contributed by atoms with Crippen molar-refractivity contribution in [3.63, 3.8) is 0 Å². The van der Waals surface area contributed by atoms with Gasteiger partial charge in [-0.25, -0.2) is 4.79 Å². The fourth-order valence-electron chi connectivity index (χ4n) is 4.26. The highest BCUT2D eigenvalue weighted by Gasteiger charge is 2.23. The van der Waals surface area contributed by atoms with Crippen LogP contribution in [0.2, 0.25) is 0 Å². The predicted molar refractivity (Wildman–Crippen MR) is 124 cm³/mol. The average molecular weight is 455 g/mol. The van der Waals surface area contributed by atoms with Gasteiger partial charge in [0.15, 0.2) is 5.82 Å². The highest BCUT2D eigenvalue weighted by atomic mass is 16.5. The first-order valence-corrected chi connectivity index (χ1v) is 11.4. The maximum Gasteiger partial charge on any atom is 0.329 e. The lowest BCUT2D eigenvalue weighted by Gasteiger charge is -2.34. The molecule has 1 aliphatic heterocycles. The predicted octanol–water partition coefficient (Wildman–Crippen LogP) is 1.68. The van der Waals surface area contributed by atoms with Gasteiger partial charge in [0, 0.05) is 51.8 Å². The summed E-state index contributed by atoms with van der Waals surface area (Å²) < 4.78 is 8.44. The smallest absolute Gasteiger partial charge is 0.329 e. The molecule has 176 valence electrons. The summed E-state index contributed by atoms with van der Waals surface area (Å²) in [6.07, 6.45) is 1.14. The molecule has 0 spiro atoms. The number of para-hydroxylation sites is 2. The highest BCUT2D eigenvalue weighted by molar-refractivity contribution is 5.91. The minimum Gasteiger partial charge on any atom is -0.360 e. The van der Waals surface area contributed by atoms with Gasteiger partial charge in [0.25, 0.3) is 0 Å². The molecule has 1 N–H and O–H groups in total. The van der Waals surface area contributed by atoms with Gasteiger partial charge in [-0.1, -0.05) is 24.2 Å². The SMILES string of the molecule is CCCn1c(=O)n(CCC(=O)N2CCN(CC(=O)Nc3cc(C)on3)CC2)c2ccccc21. The third kappa shape index (κ3) is 5.16. The number of nitrogens with one attached hydrogen (secondary N) is 1. The lowest BCUT2D eigenvalue weighted by molar-refractivity contribution is -0.133. The van der Waals surface area contributed by atoms with E-state index >= 15 is 0 Å². The van der Waals surface area contributed by atoms with Gasteiger partial charge < -0.3 is 14.7 Å². The summed E-state index contributed by atoms with van der Waals surface area (Å²) >= 11 is 0. The zero-order valence-corrected chi connectivity index (χ0v) is 19.1. The minimum atomic E-state index is -0.161. The zero-order chi connectivity index (χ0) is 23.4. The van der Waals surface area contributed by atoms with Crippen LogP contribution in [0.5, 0.6) is 0 Å². The van der Waals surface area contributed by atoms with Crippen molar-refractivity contribution in [3.05, 3.63) is 46.6 Å². The van der Waals surface area contributed by atoms with Gasteiger partial charge in [-0.05, 0) is 25.5 Å². The Morgan fingerprint density at radius 2 is 1.73 bits per heavy atom. The summed E-state index contributed by atoms with van der Waals surface area (Å²) in [6.45, 7) is 7.41. The van der Waals surface area contributed by atoms with Crippen LogP contribution in [-0.2, 0) is 22.7 Å². The molecule has 3 aromatic rings. The Bertz CT molecular complexity index is 1190. The summed E-state index contributed by atoms with van der Waals surface area (Å²) in [7, 11) is 0. The minimum absolute atomic E-state index is 0.0244. The Morgan fingerprint density at radius 3 is 2.33 bits per heavy atom. The second-order valence-corrected chi connectivity index (χ2v) is 8.35. The molecule has 2 amide bonds. The summed E-state index contributed by atoms with van der Waals surface area (Å²) in [5, 5.41) is 6.48. The molecule has 10 nitrogen and oxygen atoms in total. The summed E-state index contributed by atoms with van der Waals surface area (Å²) in [5.74, 6) is 0.902. The first kappa shape index (κ1) is 22.8. The van der Waals surface area contributed by atoms with Crippen molar-refractivity contribution in [2.45, 2.75) is 39.8 Å². The molecule has 10 heteroatoms. The third-order valence-corrected chi connectivity index (χ3v) is 5.91. The monoisotopic (exact) mass is 454 g/mol. The van der Waals surface area contributed by atoms with Crippen LogP contribution < -0.4 is 11.0 Å². The van der Waals surface area contributed by atoms with Gasteiger partial charge in [-0.3, -0.25) is 23.6 Å². The first-order chi connectivity index (χ1) is 16.0. The van der Waals surface area contributed by atoms with Crippen LogP contribution >= 0.6 is 0 Å². The number of anilines is 1. The number of amides is 2.